The fourth-order valence-corrected chi connectivity index (χ4v) is 7.50. The van der Waals surface area contributed by atoms with Crippen molar-refractivity contribution in [2.45, 2.75) is 96.2 Å². The van der Waals surface area contributed by atoms with E-state index >= 15 is 0 Å². The van der Waals surface area contributed by atoms with E-state index in [0.717, 1.165) is 36.6 Å². The summed E-state index contributed by atoms with van der Waals surface area (Å²) in [4.78, 5) is 49.2. The van der Waals surface area contributed by atoms with Gasteiger partial charge in [0.25, 0.3) is 0 Å². The molecule has 4 heterocycles. The van der Waals surface area contributed by atoms with Crippen molar-refractivity contribution in [1.82, 2.24) is 0 Å². The van der Waals surface area contributed by atoms with Crippen molar-refractivity contribution < 1.29 is 38.0 Å². The number of benzene rings is 1. The zero-order valence-corrected chi connectivity index (χ0v) is 22.9. The molecule has 0 unspecified atom stereocenters. The molecule has 7 rings (SSSR count). The molecular weight excluding hydrogens is 504 g/mol. The minimum Gasteiger partial charge on any atom is -0.435 e. The third kappa shape index (κ3) is 4.58. The highest BCUT2D eigenvalue weighted by Gasteiger charge is 2.68. The molecule has 39 heavy (non-hydrogen) atoms. The summed E-state index contributed by atoms with van der Waals surface area (Å²) in [6.07, 6.45) is 3.50. The molecule has 2 aliphatic carbocycles. The quantitative estimate of drug-likeness (QED) is 0.224. The van der Waals surface area contributed by atoms with Crippen LogP contribution in [0, 0.1) is 30.6 Å². The van der Waals surface area contributed by atoms with E-state index in [-0.39, 0.29) is 36.5 Å². The molecule has 9 nitrogen and oxygen atoms in total. The summed E-state index contributed by atoms with van der Waals surface area (Å²) in [6.45, 7) is 8.22. The van der Waals surface area contributed by atoms with E-state index in [1.54, 1.807) is 12.1 Å². The predicted octanol–water partition coefficient (Wildman–Crippen LogP) is 5.00. The average Bonchev–Trinajstić information content (AvgIpc) is 3.11. The van der Waals surface area contributed by atoms with Crippen LogP contribution in [0.5, 0.6) is 5.75 Å². The van der Waals surface area contributed by atoms with Crippen LogP contribution in [0.15, 0.2) is 33.5 Å². The third-order valence-corrected chi connectivity index (χ3v) is 9.57. The fraction of sp³-hybridized carbons (Fsp3) is 0.633. The molecule has 8 atom stereocenters. The Morgan fingerprint density at radius 1 is 1.03 bits per heavy atom. The van der Waals surface area contributed by atoms with Crippen LogP contribution in [0.3, 0.4) is 0 Å². The first-order valence-electron chi connectivity index (χ1n) is 14.0. The Hall–Kier alpha value is -2.75. The van der Waals surface area contributed by atoms with Crippen molar-refractivity contribution in [2.24, 2.45) is 23.7 Å². The van der Waals surface area contributed by atoms with Crippen LogP contribution >= 0.6 is 0 Å². The smallest absolute Gasteiger partial charge is 0.336 e. The SMILES string of the molecule is Cc1cc(=O)oc2cc(OC(=O)CCC(=O)O[C@@H]3O[C@@H]4C[C@]5(C)CC[C@H]6[C@H](C)CC[C@@H]([C@H]3C)[C@@]46OO5)ccc12. The number of hydrogen-bond acceptors (Lipinski definition) is 9. The largest absolute Gasteiger partial charge is 0.435 e. The van der Waals surface area contributed by atoms with Crippen LogP contribution in [-0.4, -0.2) is 35.5 Å². The Kier molecular flexibility index (Phi) is 6.59. The van der Waals surface area contributed by atoms with Crippen LogP contribution in [-0.2, 0) is 28.8 Å². The van der Waals surface area contributed by atoms with Crippen molar-refractivity contribution >= 4 is 22.9 Å². The first-order valence-corrected chi connectivity index (χ1v) is 14.0. The van der Waals surface area contributed by atoms with Crippen molar-refractivity contribution in [3.63, 3.8) is 0 Å². The van der Waals surface area contributed by atoms with E-state index in [2.05, 4.69) is 20.8 Å². The maximum atomic E-state index is 12.8. The second kappa shape index (κ2) is 9.71. The molecule has 3 saturated heterocycles. The zero-order chi connectivity index (χ0) is 27.5. The molecule has 0 amide bonds. The Balaban J connectivity index is 1.09. The standard InChI is InChI=1S/C30H36O9/c1-16-5-8-22-18(3)28(36-24-15-29(4)12-11-21(16)30(22,24)39-38-29)37-26(32)10-9-25(31)34-19-6-7-20-17(2)13-27(33)35-23(20)14-19/h6-7,13-14,16,18,21-22,24,28H,5,8-12,15H2,1-4H3/t16-,18-,21+,22+,24-,28+,29+,30-/m1/s1. The van der Waals surface area contributed by atoms with Gasteiger partial charge in [0, 0.05) is 35.8 Å². The summed E-state index contributed by atoms with van der Waals surface area (Å²) in [5.74, 6) is 0.0740. The van der Waals surface area contributed by atoms with E-state index in [9.17, 15) is 14.4 Å². The molecular formula is C30H36O9. The monoisotopic (exact) mass is 540 g/mol. The van der Waals surface area contributed by atoms with Gasteiger partial charge in [-0.05, 0) is 69.1 Å². The van der Waals surface area contributed by atoms with Gasteiger partial charge in [0.1, 0.15) is 22.5 Å². The number of ether oxygens (including phenoxy) is 3. The second-order valence-electron chi connectivity index (χ2n) is 12.2. The first kappa shape index (κ1) is 26.5. The highest BCUT2D eigenvalue weighted by Crippen LogP contribution is 2.61. The molecule has 1 aromatic heterocycles. The molecule has 0 N–H and O–H groups in total. The van der Waals surface area contributed by atoms with Gasteiger partial charge >= 0.3 is 17.6 Å². The minimum absolute atomic E-state index is 0.0751. The Morgan fingerprint density at radius 3 is 2.64 bits per heavy atom. The summed E-state index contributed by atoms with van der Waals surface area (Å²) in [6, 6.07) is 6.26. The zero-order valence-electron chi connectivity index (χ0n) is 22.9. The van der Waals surface area contributed by atoms with Crippen LogP contribution in [0.1, 0.15) is 71.3 Å². The lowest BCUT2D eigenvalue weighted by atomic mass is 9.56. The van der Waals surface area contributed by atoms with E-state index < -0.39 is 35.1 Å². The van der Waals surface area contributed by atoms with E-state index in [0.29, 0.717) is 23.8 Å². The van der Waals surface area contributed by atoms with Gasteiger partial charge in [-0.25, -0.2) is 14.6 Å². The van der Waals surface area contributed by atoms with Gasteiger partial charge < -0.3 is 18.6 Å². The van der Waals surface area contributed by atoms with Crippen molar-refractivity contribution in [1.29, 1.82) is 0 Å². The Morgan fingerprint density at radius 2 is 1.82 bits per heavy atom. The van der Waals surface area contributed by atoms with Gasteiger partial charge in [-0.2, -0.15) is 0 Å². The molecule has 5 fully saturated rings. The normalized spacial score (nSPS) is 37.1. The van der Waals surface area contributed by atoms with Crippen LogP contribution in [0.4, 0.5) is 0 Å². The second-order valence-corrected chi connectivity index (χ2v) is 12.2. The number of esters is 2. The van der Waals surface area contributed by atoms with Gasteiger partial charge in [-0.1, -0.05) is 13.8 Å². The number of aryl methyl sites for hydroxylation is 1. The number of rotatable bonds is 5. The maximum absolute atomic E-state index is 12.8. The number of hydrogen-bond donors (Lipinski definition) is 0. The molecule has 2 aromatic rings. The molecule has 0 radical (unpaired) electrons. The number of fused-ring (bicyclic) bond motifs is 3. The van der Waals surface area contributed by atoms with Gasteiger partial charge in [-0.15, -0.1) is 0 Å². The summed E-state index contributed by atoms with van der Waals surface area (Å²) >= 11 is 0. The average molecular weight is 541 g/mol. The summed E-state index contributed by atoms with van der Waals surface area (Å²) in [5.41, 5.74) is -0.298. The van der Waals surface area contributed by atoms with Crippen LogP contribution in [0.2, 0.25) is 0 Å². The van der Waals surface area contributed by atoms with Crippen LogP contribution < -0.4 is 10.4 Å². The third-order valence-electron chi connectivity index (χ3n) is 9.57. The number of carbonyl (C=O) groups excluding carboxylic acids is 2. The van der Waals surface area contributed by atoms with Crippen molar-refractivity contribution in [3.05, 3.63) is 40.2 Å². The van der Waals surface area contributed by atoms with Gasteiger partial charge in [0.2, 0.25) is 6.29 Å². The molecule has 210 valence electrons. The topological polar surface area (TPSA) is 111 Å². The van der Waals surface area contributed by atoms with Gasteiger partial charge in [0.05, 0.1) is 18.9 Å². The maximum Gasteiger partial charge on any atom is 0.336 e. The molecule has 1 spiro atoms. The predicted molar refractivity (Wildman–Crippen MR) is 139 cm³/mol. The molecule has 2 saturated carbocycles. The van der Waals surface area contributed by atoms with E-state index in [4.69, 9.17) is 28.4 Å². The van der Waals surface area contributed by atoms with Gasteiger partial charge in [-0.3, -0.25) is 9.59 Å². The van der Waals surface area contributed by atoms with Gasteiger partial charge in [0.15, 0.2) is 0 Å². The lowest BCUT2D eigenvalue weighted by Crippen LogP contribution is -2.69. The molecule has 2 bridgehead atoms. The van der Waals surface area contributed by atoms with E-state index in [1.165, 1.54) is 12.1 Å². The number of carbonyl (C=O) groups is 2. The summed E-state index contributed by atoms with van der Waals surface area (Å²) in [5, 5.41) is 0.757. The highest BCUT2D eigenvalue weighted by atomic mass is 17.2. The summed E-state index contributed by atoms with van der Waals surface area (Å²) in [7, 11) is 0. The molecule has 1 aromatic carbocycles. The van der Waals surface area contributed by atoms with Crippen molar-refractivity contribution in [2.75, 3.05) is 0 Å². The lowest BCUT2D eigenvalue weighted by Gasteiger charge is -2.60. The molecule has 3 aliphatic heterocycles. The highest BCUT2D eigenvalue weighted by molar-refractivity contribution is 5.83. The van der Waals surface area contributed by atoms with Crippen molar-refractivity contribution in [3.8, 4) is 5.75 Å². The summed E-state index contributed by atoms with van der Waals surface area (Å²) < 4.78 is 22.9. The Bertz CT molecular complexity index is 1350. The molecule has 9 heteroatoms. The minimum atomic E-state index is -0.707. The lowest BCUT2D eigenvalue weighted by molar-refractivity contribution is -0.494. The van der Waals surface area contributed by atoms with Crippen LogP contribution in [0.25, 0.3) is 11.0 Å². The first-order chi connectivity index (χ1) is 18.6. The Labute approximate surface area is 227 Å². The molecule has 5 aliphatic rings. The fourth-order valence-electron chi connectivity index (χ4n) is 7.50. The van der Waals surface area contributed by atoms with E-state index in [1.807, 2.05) is 6.92 Å².